The maximum Gasteiger partial charge on any atom is 0.335 e. The van der Waals surface area contributed by atoms with Crippen LogP contribution in [0.5, 0.6) is 0 Å². The molecule has 0 bridgehead atoms. The average molecular weight is 276 g/mol. The molecule has 0 aliphatic rings. The number of hydrogen-bond acceptors (Lipinski definition) is 3. The van der Waals surface area contributed by atoms with E-state index < -0.39 is 0 Å². The van der Waals surface area contributed by atoms with Crippen LogP contribution in [-0.4, -0.2) is 12.7 Å². The molecular weight excluding hydrogens is 271 g/mol. The first-order valence-electron chi connectivity index (χ1n) is 3.21. The number of nitrogens with one attached hydrogen (secondary N) is 1. The molecule has 0 fully saturated rings. The van der Waals surface area contributed by atoms with Gasteiger partial charge in [-0.3, -0.25) is 0 Å². The van der Waals surface area contributed by atoms with Gasteiger partial charge in [0.05, 0.1) is 28.4 Å². The van der Waals surface area contributed by atoms with E-state index in [0.717, 1.165) is 0 Å². The maximum atomic E-state index is 11.1. The number of anilines is 1. The molecule has 0 unspecified atom stereocenters. The van der Waals surface area contributed by atoms with Gasteiger partial charge >= 0.3 is 5.69 Å². The Labute approximate surface area is 81.1 Å². The van der Waals surface area contributed by atoms with Crippen molar-refractivity contribution in [3.8, 4) is 0 Å². The molecule has 2 aromatic rings. The molecule has 0 saturated carbocycles. The smallest absolute Gasteiger partial charge is 0.335 e. The molecule has 2 rings (SSSR count). The lowest BCUT2D eigenvalue weighted by Crippen LogP contribution is -2.07. The second kappa shape index (κ2) is 2.47. The zero-order valence-electron chi connectivity index (χ0n) is 5.91. The summed E-state index contributed by atoms with van der Waals surface area (Å²) >= 11 is 1.88. The third-order valence-corrected chi connectivity index (χ3v) is 2.49. The van der Waals surface area contributed by atoms with Crippen molar-refractivity contribution < 1.29 is 0 Å². The summed E-state index contributed by atoms with van der Waals surface area (Å²) in [5.41, 5.74) is 6.74. The molecule has 5 nitrogen and oxygen atoms in total. The number of nitrogens with zero attached hydrogens (tertiary/aromatic N) is 2. The summed E-state index contributed by atoms with van der Waals surface area (Å²) in [5, 5.41) is 0. The van der Waals surface area contributed by atoms with Crippen LogP contribution >= 0.6 is 22.9 Å². The topological polar surface area (TPSA) is 76.7 Å². The fraction of sp³-hybridized carbons (Fsp3) is 0. The number of fused-ring (bicyclic) bond motifs is 1. The fourth-order valence-corrected chi connectivity index (χ4v) is 1.67. The lowest BCUT2D eigenvalue weighted by molar-refractivity contribution is 1.19. The molecule has 2 heterocycles. The summed E-state index contributed by atoms with van der Waals surface area (Å²) < 4.78 is 1.41. The Morgan fingerprint density at radius 3 is 3.08 bits per heavy atom. The highest BCUT2D eigenvalue weighted by Crippen LogP contribution is 2.16. The van der Waals surface area contributed by atoms with Gasteiger partial charge in [-0.1, -0.05) is 0 Å². The van der Waals surface area contributed by atoms with Gasteiger partial charge < -0.3 is 10.7 Å². The monoisotopic (exact) mass is 276 g/mol. The standard InChI is InChI=1S/C6H5IN4O/c7-11-4-3(10-6(11)12)1-2-9-5(4)8/h1-2H,(H2,8,9)(H,10,12). The Morgan fingerprint density at radius 1 is 1.67 bits per heavy atom. The number of aromatic amines is 1. The highest BCUT2D eigenvalue weighted by atomic mass is 127. The molecule has 0 aliphatic heterocycles. The van der Waals surface area contributed by atoms with Crippen molar-refractivity contribution in [3.05, 3.63) is 22.7 Å². The number of halogens is 1. The SMILES string of the molecule is Nc1nccc2[nH]c(=O)n(I)c12. The van der Waals surface area contributed by atoms with Crippen LogP contribution in [0.25, 0.3) is 11.0 Å². The van der Waals surface area contributed by atoms with Gasteiger partial charge in [0.25, 0.3) is 0 Å². The van der Waals surface area contributed by atoms with E-state index >= 15 is 0 Å². The molecule has 0 amide bonds. The van der Waals surface area contributed by atoms with Gasteiger partial charge in [0.2, 0.25) is 0 Å². The van der Waals surface area contributed by atoms with Crippen molar-refractivity contribution >= 4 is 39.7 Å². The van der Waals surface area contributed by atoms with E-state index in [1.807, 2.05) is 22.9 Å². The molecule has 0 aromatic carbocycles. The average Bonchev–Trinajstić information content (AvgIpc) is 2.29. The van der Waals surface area contributed by atoms with Crippen molar-refractivity contribution in [2.24, 2.45) is 0 Å². The minimum Gasteiger partial charge on any atom is -0.382 e. The number of rotatable bonds is 0. The number of H-pyrrole nitrogens is 1. The van der Waals surface area contributed by atoms with E-state index in [2.05, 4.69) is 9.97 Å². The van der Waals surface area contributed by atoms with Crippen LogP contribution in [0.2, 0.25) is 0 Å². The van der Waals surface area contributed by atoms with E-state index in [0.29, 0.717) is 16.9 Å². The quantitative estimate of drug-likeness (QED) is 0.688. The van der Waals surface area contributed by atoms with Gasteiger partial charge in [0.1, 0.15) is 11.3 Å². The fourth-order valence-electron chi connectivity index (χ4n) is 1.04. The number of nitrogen functional groups attached to an aromatic ring is 1. The molecule has 3 N–H and O–H groups in total. The second-order valence-corrected chi connectivity index (χ2v) is 3.27. The third-order valence-electron chi connectivity index (χ3n) is 1.57. The molecule has 62 valence electrons. The minimum absolute atomic E-state index is 0.190. The van der Waals surface area contributed by atoms with Gasteiger partial charge in [0, 0.05) is 6.20 Å². The second-order valence-electron chi connectivity index (χ2n) is 2.30. The molecule has 12 heavy (non-hydrogen) atoms. The zero-order chi connectivity index (χ0) is 8.72. The summed E-state index contributed by atoms with van der Waals surface area (Å²) in [6.07, 6.45) is 1.56. The first-order valence-corrected chi connectivity index (χ1v) is 4.18. The summed E-state index contributed by atoms with van der Waals surface area (Å²) in [7, 11) is 0. The highest BCUT2D eigenvalue weighted by molar-refractivity contribution is 14.1. The highest BCUT2D eigenvalue weighted by Gasteiger charge is 2.06. The van der Waals surface area contributed by atoms with Crippen molar-refractivity contribution in [1.82, 2.24) is 12.7 Å². The Morgan fingerprint density at radius 2 is 2.42 bits per heavy atom. The molecule has 2 aromatic heterocycles. The normalized spacial score (nSPS) is 10.8. The molecule has 0 aliphatic carbocycles. The van der Waals surface area contributed by atoms with Crippen LogP contribution < -0.4 is 11.4 Å². The van der Waals surface area contributed by atoms with E-state index in [1.165, 1.54) is 2.78 Å². The van der Waals surface area contributed by atoms with Crippen LogP contribution in [0.15, 0.2) is 17.1 Å². The summed E-state index contributed by atoms with van der Waals surface area (Å²) in [4.78, 5) is 17.6. The van der Waals surface area contributed by atoms with Gasteiger partial charge in [-0.05, 0) is 6.07 Å². The summed E-state index contributed by atoms with van der Waals surface area (Å²) in [5.74, 6) is 0.361. The number of aromatic nitrogens is 3. The van der Waals surface area contributed by atoms with Crippen LogP contribution in [-0.2, 0) is 0 Å². The Hall–Kier alpha value is -1.05. The Balaban J connectivity index is 3.07. The molecule has 6 heteroatoms. The molecule has 0 spiro atoms. The van der Waals surface area contributed by atoms with Gasteiger partial charge in [0.15, 0.2) is 0 Å². The Bertz CT molecular complexity index is 486. The molecule has 0 radical (unpaired) electrons. The first kappa shape index (κ1) is 7.59. The zero-order valence-corrected chi connectivity index (χ0v) is 8.07. The van der Waals surface area contributed by atoms with Crippen molar-refractivity contribution in [1.29, 1.82) is 0 Å². The van der Waals surface area contributed by atoms with Crippen LogP contribution in [0.4, 0.5) is 5.82 Å². The predicted octanol–water partition coefficient (Wildman–Crippen LogP) is 0.505. The van der Waals surface area contributed by atoms with Crippen LogP contribution in [0, 0.1) is 0 Å². The van der Waals surface area contributed by atoms with Crippen molar-refractivity contribution in [2.45, 2.75) is 0 Å². The van der Waals surface area contributed by atoms with Crippen LogP contribution in [0.3, 0.4) is 0 Å². The van der Waals surface area contributed by atoms with Gasteiger partial charge in [-0.2, -0.15) is 0 Å². The minimum atomic E-state index is -0.190. The van der Waals surface area contributed by atoms with Crippen LogP contribution in [0.1, 0.15) is 0 Å². The van der Waals surface area contributed by atoms with E-state index in [-0.39, 0.29) is 5.69 Å². The third kappa shape index (κ3) is 0.909. The van der Waals surface area contributed by atoms with E-state index in [9.17, 15) is 4.79 Å². The predicted molar refractivity (Wildman–Crippen MR) is 54.2 cm³/mol. The number of nitrogens with two attached hydrogens (primary N) is 1. The van der Waals surface area contributed by atoms with E-state index in [1.54, 1.807) is 12.3 Å². The summed E-state index contributed by atoms with van der Waals surface area (Å²) in [6.45, 7) is 0. The van der Waals surface area contributed by atoms with Crippen molar-refractivity contribution in [3.63, 3.8) is 0 Å². The lowest BCUT2D eigenvalue weighted by atomic mass is 10.4. The van der Waals surface area contributed by atoms with Gasteiger partial charge in [-0.25, -0.2) is 12.6 Å². The number of pyridine rings is 1. The first-order chi connectivity index (χ1) is 5.70. The molecule has 0 saturated heterocycles. The van der Waals surface area contributed by atoms with Crippen molar-refractivity contribution in [2.75, 3.05) is 5.73 Å². The van der Waals surface area contributed by atoms with E-state index in [4.69, 9.17) is 5.73 Å². The Kier molecular flexibility index (Phi) is 1.56. The molecular formula is C6H5IN4O. The van der Waals surface area contributed by atoms with Gasteiger partial charge in [-0.15, -0.1) is 0 Å². The lowest BCUT2D eigenvalue weighted by Gasteiger charge is -1.94. The number of imidazole rings is 1. The summed E-state index contributed by atoms with van der Waals surface area (Å²) in [6, 6.07) is 1.71. The largest absolute Gasteiger partial charge is 0.382 e. The maximum absolute atomic E-state index is 11.1. The molecule has 0 atom stereocenters. The number of hydrogen-bond donors (Lipinski definition) is 2.